The maximum absolute atomic E-state index is 12.6. The standard InChI is InChI=1S/C12H21F3N2O/c1-3-11(6-4-5-7-11)8-17-9(18)10(2,16)12(13,14)15/h3-8,16H2,1-2H3,(H,17,18). The number of carbonyl (C=O) groups is 1. The van der Waals surface area contributed by atoms with Gasteiger partial charge in [-0.05, 0) is 31.6 Å². The summed E-state index contributed by atoms with van der Waals surface area (Å²) >= 11 is 0. The molecule has 1 atom stereocenters. The van der Waals surface area contributed by atoms with Crippen LogP contribution in [0.1, 0.15) is 46.0 Å². The van der Waals surface area contributed by atoms with Crippen molar-refractivity contribution in [2.24, 2.45) is 11.1 Å². The highest BCUT2D eigenvalue weighted by molar-refractivity contribution is 5.86. The first-order valence-electron chi connectivity index (χ1n) is 6.28. The van der Waals surface area contributed by atoms with Gasteiger partial charge in [0.1, 0.15) is 0 Å². The van der Waals surface area contributed by atoms with Gasteiger partial charge in [-0.3, -0.25) is 4.79 Å². The van der Waals surface area contributed by atoms with Gasteiger partial charge in [-0.1, -0.05) is 19.8 Å². The molecular weight excluding hydrogens is 245 g/mol. The third-order valence-corrected chi connectivity index (χ3v) is 4.10. The Morgan fingerprint density at radius 2 is 1.83 bits per heavy atom. The fourth-order valence-electron chi connectivity index (χ4n) is 2.36. The van der Waals surface area contributed by atoms with Crippen molar-refractivity contribution >= 4 is 5.91 Å². The summed E-state index contributed by atoms with van der Waals surface area (Å²) in [5, 5.41) is 2.38. The van der Waals surface area contributed by atoms with E-state index in [9.17, 15) is 18.0 Å². The molecule has 0 aromatic heterocycles. The van der Waals surface area contributed by atoms with E-state index in [1.807, 2.05) is 6.92 Å². The lowest BCUT2D eigenvalue weighted by Gasteiger charge is -2.31. The van der Waals surface area contributed by atoms with Crippen molar-refractivity contribution in [2.75, 3.05) is 6.54 Å². The summed E-state index contributed by atoms with van der Waals surface area (Å²) in [6, 6.07) is 0. The number of carbonyl (C=O) groups excluding carboxylic acids is 1. The Morgan fingerprint density at radius 3 is 2.22 bits per heavy atom. The van der Waals surface area contributed by atoms with Gasteiger partial charge in [0.15, 0.2) is 5.54 Å². The van der Waals surface area contributed by atoms with Crippen molar-refractivity contribution < 1.29 is 18.0 Å². The molecule has 3 N–H and O–H groups in total. The lowest BCUT2D eigenvalue weighted by atomic mass is 9.83. The predicted molar refractivity (Wildman–Crippen MR) is 62.8 cm³/mol. The molecule has 0 heterocycles. The Labute approximate surface area is 105 Å². The number of hydrogen-bond acceptors (Lipinski definition) is 2. The van der Waals surface area contributed by atoms with Gasteiger partial charge in [0.05, 0.1) is 0 Å². The van der Waals surface area contributed by atoms with Gasteiger partial charge in [0, 0.05) is 6.54 Å². The SMILES string of the molecule is CCC1(CNC(=O)C(C)(N)C(F)(F)F)CCCC1. The number of nitrogens with two attached hydrogens (primary N) is 1. The van der Waals surface area contributed by atoms with Crippen LogP contribution in [0.2, 0.25) is 0 Å². The maximum atomic E-state index is 12.6. The summed E-state index contributed by atoms with van der Waals surface area (Å²) < 4.78 is 37.7. The van der Waals surface area contributed by atoms with Gasteiger partial charge >= 0.3 is 6.18 Å². The first-order chi connectivity index (χ1) is 8.15. The number of hydrogen-bond donors (Lipinski definition) is 2. The average Bonchev–Trinajstić information content (AvgIpc) is 2.73. The zero-order chi connectivity index (χ0) is 14.0. The molecule has 106 valence electrons. The smallest absolute Gasteiger partial charge is 0.354 e. The number of halogens is 3. The molecule has 3 nitrogen and oxygen atoms in total. The second kappa shape index (κ2) is 5.07. The Balaban J connectivity index is 2.61. The molecule has 1 unspecified atom stereocenters. The fraction of sp³-hybridized carbons (Fsp3) is 0.917. The second-order valence-electron chi connectivity index (χ2n) is 5.44. The van der Waals surface area contributed by atoms with E-state index in [1.165, 1.54) is 0 Å². The van der Waals surface area contributed by atoms with Crippen LogP contribution < -0.4 is 11.1 Å². The summed E-state index contributed by atoms with van der Waals surface area (Å²) in [5.74, 6) is -1.14. The largest absolute Gasteiger partial charge is 0.415 e. The minimum Gasteiger partial charge on any atom is -0.354 e. The molecule has 1 aliphatic rings. The Bertz CT molecular complexity index is 307. The number of nitrogens with one attached hydrogen (secondary N) is 1. The Kier molecular flexibility index (Phi) is 4.30. The van der Waals surface area contributed by atoms with E-state index >= 15 is 0 Å². The third kappa shape index (κ3) is 2.96. The minimum absolute atomic E-state index is 0.0443. The van der Waals surface area contributed by atoms with Crippen molar-refractivity contribution in [3.05, 3.63) is 0 Å². The van der Waals surface area contributed by atoms with E-state index in [2.05, 4.69) is 5.32 Å². The molecule has 0 aromatic carbocycles. The number of rotatable bonds is 4. The fourth-order valence-corrected chi connectivity index (χ4v) is 2.36. The zero-order valence-corrected chi connectivity index (χ0v) is 10.9. The van der Waals surface area contributed by atoms with Crippen LogP contribution in [0.3, 0.4) is 0 Å². The molecule has 1 fully saturated rings. The molecule has 0 aromatic rings. The third-order valence-electron chi connectivity index (χ3n) is 4.10. The lowest BCUT2D eigenvalue weighted by molar-refractivity contribution is -0.187. The van der Waals surface area contributed by atoms with Crippen molar-refractivity contribution in [2.45, 2.75) is 57.7 Å². The molecule has 1 saturated carbocycles. The van der Waals surface area contributed by atoms with Crippen molar-refractivity contribution in [1.82, 2.24) is 5.32 Å². The molecule has 0 spiro atoms. The summed E-state index contributed by atoms with van der Waals surface area (Å²) in [5.41, 5.74) is 2.21. The van der Waals surface area contributed by atoms with E-state index in [-0.39, 0.29) is 12.0 Å². The number of alkyl halides is 3. The first kappa shape index (κ1) is 15.3. The zero-order valence-electron chi connectivity index (χ0n) is 10.9. The van der Waals surface area contributed by atoms with Gasteiger partial charge in [-0.25, -0.2) is 0 Å². The van der Waals surface area contributed by atoms with Gasteiger partial charge in [-0.2, -0.15) is 13.2 Å². The lowest BCUT2D eigenvalue weighted by Crippen LogP contribution is -2.62. The van der Waals surface area contributed by atoms with E-state index in [0.717, 1.165) is 32.1 Å². The maximum Gasteiger partial charge on any atom is 0.415 e. The van der Waals surface area contributed by atoms with Crippen LogP contribution in [0.25, 0.3) is 0 Å². The molecule has 0 radical (unpaired) electrons. The van der Waals surface area contributed by atoms with E-state index in [0.29, 0.717) is 6.92 Å². The van der Waals surface area contributed by atoms with Crippen LogP contribution in [0.15, 0.2) is 0 Å². The molecule has 1 rings (SSSR count). The highest BCUT2D eigenvalue weighted by atomic mass is 19.4. The normalized spacial score (nSPS) is 22.6. The minimum atomic E-state index is -4.73. The molecule has 0 bridgehead atoms. The van der Waals surface area contributed by atoms with E-state index in [1.54, 1.807) is 0 Å². The molecule has 6 heteroatoms. The molecule has 18 heavy (non-hydrogen) atoms. The van der Waals surface area contributed by atoms with Crippen LogP contribution in [0.4, 0.5) is 13.2 Å². The summed E-state index contributed by atoms with van der Waals surface area (Å²) in [6.45, 7) is 2.99. The molecule has 0 saturated heterocycles. The van der Waals surface area contributed by atoms with Crippen LogP contribution in [-0.4, -0.2) is 24.2 Å². The monoisotopic (exact) mass is 266 g/mol. The van der Waals surface area contributed by atoms with Gasteiger partial charge < -0.3 is 11.1 Å². The second-order valence-corrected chi connectivity index (χ2v) is 5.44. The van der Waals surface area contributed by atoms with Gasteiger partial charge in [0.2, 0.25) is 5.91 Å². The average molecular weight is 266 g/mol. The van der Waals surface area contributed by atoms with E-state index < -0.39 is 17.6 Å². The van der Waals surface area contributed by atoms with Crippen molar-refractivity contribution in [3.8, 4) is 0 Å². The van der Waals surface area contributed by atoms with Crippen LogP contribution in [0, 0.1) is 5.41 Å². The quantitative estimate of drug-likeness (QED) is 0.820. The van der Waals surface area contributed by atoms with Crippen LogP contribution in [0.5, 0.6) is 0 Å². The Hall–Kier alpha value is -0.780. The number of amides is 1. The van der Waals surface area contributed by atoms with Crippen molar-refractivity contribution in [3.63, 3.8) is 0 Å². The highest BCUT2D eigenvalue weighted by Gasteiger charge is 2.54. The van der Waals surface area contributed by atoms with E-state index in [4.69, 9.17) is 5.73 Å². The predicted octanol–water partition coefficient (Wildman–Crippen LogP) is 2.35. The summed E-state index contributed by atoms with van der Waals surface area (Å²) in [7, 11) is 0. The summed E-state index contributed by atoms with van der Waals surface area (Å²) in [6.07, 6.45) is 0.187. The van der Waals surface area contributed by atoms with Gasteiger partial charge in [0.25, 0.3) is 0 Å². The van der Waals surface area contributed by atoms with Crippen LogP contribution >= 0.6 is 0 Å². The molecule has 0 aliphatic heterocycles. The van der Waals surface area contributed by atoms with Crippen molar-refractivity contribution in [1.29, 1.82) is 0 Å². The van der Waals surface area contributed by atoms with Crippen LogP contribution in [-0.2, 0) is 4.79 Å². The molecule has 1 aliphatic carbocycles. The highest BCUT2D eigenvalue weighted by Crippen LogP contribution is 2.40. The molecule has 1 amide bonds. The summed E-state index contributed by atoms with van der Waals surface area (Å²) in [4.78, 5) is 11.6. The topological polar surface area (TPSA) is 55.1 Å². The Morgan fingerprint density at radius 1 is 1.33 bits per heavy atom. The first-order valence-corrected chi connectivity index (χ1v) is 6.28. The van der Waals surface area contributed by atoms with Gasteiger partial charge in [-0.15, -0.1) is 0 Å². The molecular formula is C12H21F3N2O.